The number of aromatic nitrogens is 2. The maximum atomic E-state index is 4.18. The van der Waals surface area contributed by atoms with Gasteiger partial charge < -0.3 is 0 Å². The first-order valence-electron chi connectivity index (χ1n) is 3.50. The minimum Gasteiger partial charge on any atom is -0.241 e. The monoisotopic (exact) mass is 214 g/mol. The van der Waals surface area contributed by atoms with Crippen LogP contribution >= 0.6 is 15.9 Å². The Morgan fingerprint density at radius 1 is 1.36 bits per heavy atom. The summed E-state index contributed by atoms with van der Waals surface area (Å²) >= 11 is 3.43. The number of rotatable bonds is 2. The van der Waals surface area contributed by atoms with Crippen LogP contribution in [-0.4, -0.2) is 15.3 Å². The Kier molecular flexibility index (Phi) is 2.60. The molecule has 0 fully saturated rings. The largest absolute Gasteiger partial charge is 0.241 e. The Balaban J connectivity index is 2.93. The van der Waals surface area contributed by atoms with Crippen molar-refractivity contribution in [3.05, 3.63) is 24.3 Å². The molecule has 0 saturated carbocycles. The highest BCUT2D eigenvalue weighted by molar-refractivity contribution is 9.09. The second-order valence-electron chi connectivity index (χ2n) is 3.09. The van der Waals surface area contributed by atoms with Crippen LogP contribution in [0.4, 0.5) is 0 Å². The molecule has 3 heteroatoms. The molecule has 0 aromatic carbocycles. The van der Waals surface area contributed by atoms with Gasteiger partial charge in [0, 0.05) is 23.1 Å². The molecule has 11 heavy (non-hydrogen) atoms. The Morgan fingerprint density at radius 2 is 1.91 bits per heavy atom. The molecule has 2 nitrogen and oxygen atoms in total. The summed E-state index contributed by atoms with van der Waals surface area (Å²) in [4.78, 5) is 8.36. The van der Waals surface area contributed by atoms with Gasteiger partial charge in [-0.1, -0.05) is 29.8 Å². The summed E-state index contributed by atoms with van der Waals surface area (Å²) in [5, 5.41) is 0.879. The van der Waals surface area contributed by atoms with E-state index in [9.17, 15) is 0 Å². The molecule has 0 radical (unpaired) electrons. The predicted molar refractivity (Wildman–Crippen MR) is 48.9 cm³/mol. The Hall–Kier alpha value is -0.440. The van der Waals surface area contributed by atoms with Crippen LogP contribution in [0, 0.1) is 0 Å². The minimum atomic E-state index is 0.0290. The number of hydrogen-bond donors (Lipinski definition) is 0. The number of halogens is 1. The van der Waals surface area contributed by atoms with Crippen molar-refractivity contribution in [2.24, 2.45) is 0 Å². The third-order valence-corrected chi connectivity index (χ3v) is 2.91. The van der Waals surface area contributed by atoms with Crippen molar-refractivity contribution in [1.29, 1.82) is 0 Å². The third-order valence-electron chi connectivity index (χ3n) is 1.51. The van der Waals surface area contributed by atoms with Crippen LogP contribution in [0.3, 0.4) is 0 Å². The van der Waals surface area contributed by atoms with E-state index in [0.29, 0.717) is 0 Å². The summed E-state index contributed by atoms with van der Waals surface area (Å²) in [6.45, 7) is 4.22. The molecule has 0 saturated heterocycles. The summed E-state index contributed by atoms with van der Waals surface area (Å²) in [6, 6.07) is 1.83. The zero-order valence-corrected chi connectivity index (χ0v) is 8.30. The molecule has 0 atom stereocenters. The van der Waals surface area contributed by atoms with Crippen LogP contribution in [0.2, 0.25) is 0 Å². The molecule has 1 rings (SSSR count). The third kappa shape index (κ3) is 1.99. The van der Waals surface area contributed by atoms with E-state index in [4.69, 9.17) is 0 Å². The van der Waals surface area contributed by atoms with Gasteiger partial charge in [-0.2, -0.15) is 0 Å². The normalized spacial score (nSPS) is 11.5. The van der Waals surface area contributed by atoms with Gasteiger partial charge in [0.05, 0.1) is 0 Å². The van der Waals surface area contributed by atoms with Crippen LogP contribution in [-0.2, 0) is 5.41 Å². The highest BCUT2D eigenvalue weighted by Gasteiger charge is 2.21. The SMILES string of the molecule is CC(C)(CBr)c1ncccn1. The lowest BCUT2D eigenvalue weighted by molar-refractivity contribution is 0.559. The fourth-order valence-corrected chi connectivity index (χ4v) is 0.959. The minimum absolute atomic E-state index is 0.0290. The van der Waals surface area contributed by atoms with Gasteiger partial charge in [-0.05, 0) is 6.07 Å². The van der Waals surface area contributed by atoms with Gasteiger partial charge in [0.1, 0.15) is 5.82 Å². The van der Waals surface area contributed by atoms with Crippen molar-refractivity contribution in [3.8, 4) is 0 Å². The highest BCUT2D eigenvalue weighted by Crippen LogP contribution is 2.20. The van der Waals surface area contributed by atoms with E-state index in [1.165, 1.54) is 0 Å². The van der Waals surface area contributed by atoms with Gasteiger partial charge in [0.2, 0.25) is 0 Å². The number of hydrogen-bond acceptors (Lipinski definition) is 2. The van der Waals surface area contributed by atoms with Gasteiger partial charge in [-0.15, -0.1) is 0 Å². The number of alkyl halides is 1. The van der Waals surface area contributed by atoms with Crippen LogP contribution in [0.25, 0.3) is 0 Å². The fourth-order valence-electron chi connectivity index (χ4n) is 0.708. The first-order valence-corrected chi connectivity index (χ1v) is 4.62. The van der Waals surface area contributed by atoms with Crippen LogP contribution in [0.5, 0.6) is 0 Å². The maximum absolute atomic E-state index is 4.18. The molecule has 0 unspecified atom stereocenters. The Labute approximate surface area is 75.2 Å². The second-order valence-corrected chi connectivity index (χ2v) is 3.65. The van der Waals surface area contributed by atoms with E-state index in [1.54, 1.807) is 12.4 Å². The Morgan fingerprint density at radius 3 is 2.36 bits per heavy atom. The molecule has 0 aliphatic carbocycles. The van der Waals surface area contributed by atoms with Crippen molar-refractivity contribution in [2.75, 3.05) is 5.33 Å². The van der Waals surface area contributed by atoms with E-state index in [0.717, 1.165) is 11.2 Å². The molecule has 60 valence electrons. The molecule has 1 aromatic heterocycles. The quantitative estimate of drug-likeness (QED) is 0.706. The summed E-state index contributed by atoms with van der Waals surface area (Å²) < 4.78 is 0. The van der Waals surface area contributed by atoms with Crippen molar-refractivity contribution >= 4 is 15.9 Å². The fraction of sp³-hybridized carbons (Fsp3) is 0.500. The molecule has 0 spiro atoms. The van der Waals surface area contributed by atoms with E-state index < -0.39 is 0 Å². The molecule has 0 N–H and O–H groups in total. The molecule has 0 aliphatic rings. The predicted octanol–water partition coefficient (Wildman–Crippen LogP) is 2.15. The molecule has 0 aliphatic heterocycles. The lowest BCUT2D eigenvalue weighted by Crippen LogP contribution is -2.21. The molecule has 1 heterocycles. The van der Waals surface area contributed by atoms with E-state index in [-0.39, 0.29) is 5.41 Å². The van der Waals surface area contributed by atoms with E-state index in [2.05, 4.69) is 39.7 Å². The van der Waals surface area contributed by atoms with Gasteiger partial charge in [-0.3, -0.25) is 0 Å². The smallest absolute Gasteiger partial charge is 0.134 e. The zero-order chi connectivity index (χ0) is 8.32. The number of nitrogens with zero attached hydrogens (tertiary/aromatic N) is 2. The summed E-state index contributed by atoms with van der Waals surface area (Å²) in [6.07, 6.45) is 3.54. The lowest BCUT2D eigenvalue weighted by atomic mass is 9.96. The van der Waals surface area contributed by atoms with Gasteiger partial charge in [-0.25, -0.2) is 9.97 Å². The van der Waals surface area contributed by atoms with E-state index >= 15 is 0 Å². The first-order chi connectivity index (χ1) is 5.17. The van der Waals surface area contributed by atoms with Crippen molar-refractivity contribution in [2.45, 2.75) is 19.3 Å². The first kappa shape index (κ1) is 8.65. The molecular weight excluding hydrogens is 204 g/mol. The van der Waals surface area contributed by atoms with Crippen molar-refractivity contribution < 1.29 is 0 Å². The topological polar surface area (TPSA) is 25.8 Å². The van der Waals surface area contributed by atoms with Gasteiger partial charge in [0.25, 0.3) is 0 Å². The Bertz CT molecular complexity index is 221. The second kappa shape index (κ2) is 3.30. The molecular formula is C8H11BrN2. The highest BCUT2D eigenvalue weighted by atomic mass is 79.9. The van der Waals surface area contributed by atoms with Crippen LogP contribution in [0.15, 0.2) is 18.5 Å². The summed E-state index contributed by atoms with van der Waals surface area (Å²) in [5.41, 5.74) is 0.0290. The van der Waals surface area contributed by atoms with Gasteiger partial charge >= 0.3 is 0 Å². The van der Waals surface area contributed by atoms with Crippen LogP contribution < -0.4 is 0 Å². The van der Waals surface area contributed by atoms with Crippen LogP contribution in [0.1, 0.15) is 19.7 Å². The van der Waals surface area contributed by atoms with Crippen molar-refractivity contribution in [3.63, 3.8) is 0 Å². The van der Waals surface area contributed by atoms with Crippen molar-refractivity contribution in [1.82, 2.24) is 9.97 Å². The zero-order valence-electron chi connectivity index (χ0n) is 6.71. The molecule has 0 bridgehead atoms. The maximum Gasteiger partial charge on any atom is 0.134 e. The van der Waals surface area contributed by atoms with E-state index in [1.807, 2.05) is 6.07 Å². The summed E-state index contributed by atoms with van der Waals surface area (Å²) in [5.74, 6) is 0.886. The average molecular weight is 215 g/mol. The molecule has 1 aromatic rings. The summed E-state index contributed by atoms with van der Waals surface area (Å²) in [7, 11) is 0. The lowest BCUT2D eigenvalue weighted by Gasteiger charge is -2.18. The molecule has 0 amide bonds. The standard InChI is InChI=1S/C8H11BrN2/c1-8(2,6-9)7-10-4-3-5-11-7/h3-5H,6H2,1-2H3. The van der Waals surface area contributed by atoms with Gasteiger partial charge in [0.15, 0.2) is 0 Å². The average Bonchev–Trinajstić information content (AvgIpc) is 2.06.